The lowest BCUT2D eigenvalue weighted by Crippen LogP contribution is -2.23. The quantitative estimate of drug-likeness (QED) is 0.0341. The molecule has 0 saturated carbocycles. The van der Waals surface area contributed by atoms with Gasteiger partial charge >= 0.3 is 0 Å². The number of hydrogen-bond donors (Lipinski definition) is 6. The van der Waals surface area contributed by atoms with Crippen LogP contribution in [0.5, 0.6) is 34.5 Å². The predicted molar refractivity (Wildman–Crippen MR) is 222 cm³/mol. The topological polar surface area (TPSA) is 180 Å². The molecule has 0 spiro atoms. The Labute approximate surface area is 340 Å². The van der Waals surface area contributed by atoms with Crippen LogP contribution in [0.25, 0.3) is 10.5 Å². The number of unbranched alkanes of at least 4 members (excludes halogenated alkanes) is 3. The van der Waals surface area contributed by atoms with Gasteiger partial charge in [-0.1, -0.05) is 40.0 Å². The first-order valence-corrected chi connectivity index (χ1v) is 20.4. The lowest BCUT2D eigenvalue weighted by Gasteiger charge is -2.27. The van der Waals surface area contributed by atoms with Crippen molar-refractivity contribution in [3.63, 3.8) is 0 Å². The molecule has 0 bridgehead atoms. The average Bonchev–Trinajstić information content (AvgIpc) is 3.20. The molecular weight excluding hydrogens is 755 g/mol. The molecule has 0 radical (unpaired) electrons. The molecule has 314 valence electrons. The summed E-state index contributed by atoms with van der Waals surface area (Å²) in [5.74, 6) is 0.771. The molecular formula is C43H59NO12S. The minimum absolute atomic E-state index is 0.0155. The van der Waals surface area contributed by atoms with Gasteiger partial charge in [0.05, 0.1) is 25.5 Å². The number of hydrogen-bond acceptors (Lipinski definition) is 14. The average molecular weight is 814 g/mol. The molecule has 0 fully saturated rings. The van der Waals surface area contributed by atoms with Crippen molar-refractivity contribution in [3.8, 4) is 34.5 Å². The van der Waals surface area contributed by atoms with E-state index in [9.17, 15) is 30.6 Å². The lowest BCUT2D eigenvalue weighted by molar-refractivity contribution is 0.0113. The maximum Gasteiger partial charge on any atom is 0.143 e. The second-order valence-corrected chi connectivity index (χ2v) is 14.7. The normalized spacial score (nSPS) is 14.5. The van der Waals surface area contributed by atoms with Crippen molar-refractivity contribution in [2.75, 3.05) is 63.8 Å². The highest BCUT2D eigenvalue weighted by Gasteiger charge is 2.24. The minimum atomic E-state index is -0.835. The Morgan fingerprint density at radius 2 is 0.965 bits per heavy atom. The van der Waals surface area contributed by atoms with Gasteiger partial charge in [0.25, 0.3) is 0 Å². The fraction of sp³-hybridized carbons (Fsp3) is 0.488. The highest BCUT2D eigenvalue weighted by Crippen LogP contribution is 2.48. The third kappa shape index (κ3) is 15.3. The minimum Gasteiger partial charge on any atom is -0.507 e. The van der Waals surface area contributed by atoms with Gasteiger partial charge in [-0.3, -0.25) is 4.31 Å². The van der Waals surface area contributed by atoms with Gasteiger partial charge in [0.1, 0.15) is 72.6 Å². The number of allylic oxidation sites excluding steroid dienone is 2. The Bertz CT molecular complexity index is 1720. The fourth-order valence-corrected chi connectivity index (χ4v) is 6.49. The van der Waals surface area contributed by atoms with Crippen LogP contribution in [-0.4, -0.2) is 108 Å². The number of rotatable bonds is 27. The van der Waals surface area contributed by atoms with Crippen LogP contribution in [0.4, 0.5) is 5.69 Å². The molecule has 6 N–H and O–H groups in total. The largest absolute Gasteiger partial charge is 0.507 e. The molecule has 14 heteroatoms. The lowest BCUT2D eigenvalue weighted by atomic mass is 10.0. The van der Waals surface area contributed by atoms with Crippen LogP contribution in [0.2, 0.25) is 0 Å². The molecule has 0 amide bonds. The van der Waals surface area contributed by atoms with Crippen LogP contribution in [0.1, 0.15) is 70.4 Å². The van der Waals surface area contributed by atoms with Crippen molar-refractivity contribution in [2.45, 2.75) is 77.6 Å². The summed E-state index contributed by atoms with van der Waals surface area (Å²) in [6.07, 6.45) is 6.75. The molecule has 1 aliphatic heterocycles. The molecule has 3 unspecified atom stereocenters. The number of phenols is 3. The zero-order chi connectivity index (χ0) is 41.0. The van der Waals surface area contributed by atoms with Crippen LogP contribution < -0.4 is 18.5 Å². The third-order valence-electron chi connectivity index (χ3n) is 8.62. The number of ether oxygens (including phenoxy) is 6. The first-order valence-electron chi connectivity index (χ1n) is 19.7. The first-order chi connectivity index (χ1) is 27.6. The highest BCUT2D eigenvalue weighted by molar-refractivity contribution is 8.09. The molecule has 0 saturated heterocycles. The van der Waals surface area contributed by atoms with Crippen LogP contribution in [0, 0.1) is 0 Å². The van der Waals surface area contributed by atoms with Crippen molar-refractivity contribution in [1.29, 1.82) is 0 Å². The van der Waals surface area contributed by atoms with Crippen LogP contribution in [0.3, 0.4) is 0 Å². The number of aliphatic hydroxyl groups excluding tert-OH is 3. The molecule has 4 rings (SSSR count). The number of nitrogens with zero attached hydrogens (tertiary/aromatic N) is 1. The third-order valence-corrected chi connectivity index (χ3v) is 9.66. The van der Waals surface area contributed by atoms with E-state index in [0.717, 1.165) is 38.5 Å². The fourth-order valence-electron chi connectivity index (χ4n) is 5.41. The number of benzene rings is 3. The van der Waals surface area contributed by atoms with E-state index in [0.29, 0.717) is 64.4 Å². The summed E-state index contributed by atoms with van der Waals surface area (Å²) in [6.45, 7) is 8.25. The number of phenolic OH excluding ortho intramolecular Hbond substituents is 3. The van der Waals surface area contributed by atoms with E-state index in [4.69, 9.17) is 28.4 Å². The SMILES string of the molecule is CCCCOCC(O)COc1ccc(C2=CN(c3ccc(OCC(O)COCCCC)cc3O)SC(c3ccc(OCC(O)COCCCC)cc3O)=C2)c(O)c1. The summed E-state index contributed by atoms with van der Waals surface area (Å²) in [7, 11) is 0. The van der Waals surface area contributed by atoms with Gasteiger partial charge in [-0.05, 0) is 73.7 Å². The van der Waals surface area contributed by atoms with Crippen molar-refractivity contribution >= 4 is 28.1 Å². The van der Waals surface area contributed by atoms with Gasteiger partial charge < -0.3 is 59.1 Å². The molecule has 57 heavy (non-hydrogen) atoms. The van der Waals surface area contributed by atoms with Gasteiger partial charge in [0.15, 0.2) is 0 Å². The van der Waals surface area contributed by atoms with Gasteiger partial charge in [0.2, 0.25) is 0 Å². The van der Waals surface area contributed by atoms with Gasteiger partial charge in [-0.15, -0.1) is 0 Å². The Morgan fingerprint density at radius 3 is 1.39 bits per heavy atom. The smallest absolute Gasteiger partial charge is 0.143 e. The van der Waals surface area contributed by atoms with E-state index in [1.807, 2.05) is 0 Å². The zero-order valence-electron chi connectivity index (χ0n) is 33.2. The van der Waals surface area contributed by atoms with Crippen molar-refractivity contribution in [2.24, 2.45) is 0 Å². The van der Waals surface area contributed by atoms with E-state index in [-0.39, 0.29) is 56.9 Å². The summed E-state index contributed by atoms with van der Waals surface area (Å²) in [5.41, 5.74) is 1.84. The van der Waals surface area contributed by atoms with Crippen molar-refractivity contribution in [1.82, 2.24) is 0 Å². The van der Waals surface area contributed by atoms with E-state index in [1.165, 1.54) is 30.1 Å². The summed E-state index contributed by atoms with van der Waals surface area (Å²) in [5, 5.41) is 64.5. The number of aliphatic hydroxyl groups is 3. The second-order valence-electron chi connectivity index (χ2n) is 13.7. The van der Waals surface area contributed by atoms with Crippen LogP contribution >= 0.6 is 11.9 Å². The Kier molecular flexibility index (Phi) is 19.6. The summed E-state index contributed by atoms with van der Waals surface area (Å²) in [4.78, 5) is 0.581. The molecule has 1 heterocycles. The van der Waals surface area contributed by atoms with E-state index in [2.05, 4.69) is 20.8 Å². The molecule has 3 aromatic carbocycles. The Balaban J connectivity index is 1.54. The summed E-state index contributed by atoms with van der Waals surface area (Å²) in [6, 6.07) is 14.5. The van der Waals surface area contributed by atoms with Crippen molar-refractivity contribution in [3.05, 3.63) is 78.0 Å². The van der Waals surface area contributed by atoms with E-state index < -0.39 is 18.3 Å². The van der Waals surface area contributed by atoms with E-state index in [1.54, 1.807) is 53.0 Å². The Hall–Kier alpha value is -4.15. The summed E-state index contributed by atoms with van der Waals surface area (Å²) >= 11 is 1.23. The second kappa shape index (κ2) is 24.6. The maximum atomic E-state index is 11.2. The van der Waals surface area contributed by atoms with Gasteiger partial charge in [-0.25, -0.2) is 0 Å². The molecule has 13 nitrogen and oxygen atoms in total. The predicted octanol–water partition coefficient (Wildman–Crippen LogP) is 7.02. The number of anilines is 1. The molecule has 0 aliphatic carbocycles. The Morgan fingerprint density at radius 1 is 0.544 bits per heavy atom. The van der Waals surface area contributed by atoms with Gasteiger partial charge in [0, 0.05) is 65.8 Å². The number of aromatic hydroxyl groups is 3. The molecule has 1 aliphatic rings. The first kappa shape index (κ1) is 45.6. The van der Waals surface area contributed by atoms with E-state index >= 15 is 0 Å². The molecule has 0 aromatic heterocycles. The molecule has 3 aromatic rings. The monoisotopic (exact) mass is 813 g/mol. The van der Waals surface area contributed by atoms with Gasteiger partial charge in [-0.2, -0.15) is 0 Å². The summed E-state index contributed by atoms with van der Waals surface area (Å²) < 4.78 is 35.3. The van der Waals surface area contributed by atoms with Crippen molar-refractivity contribution < 1.29 is 59.1 Å². The highest BCUT2D eigenvalue weighted by atomic mass is 32.2. The molecule has 3 atom stereocenters. The standard InChI is InChI=1S/C43H59NO12S/c1-4-7-16-51-24-31(45)27-54-34-10-13-37(40(48)20-34)30-19-43(38-14-11-35(21-41(38)49)55-28-32(46)25-52-17-8-5-2)57-44(23-30)39-15-12-36(22-42(39)50)56-29-33(47)26-53-18-9-6-3/h10-15,19-23,31-33,45-50H,4-9,16-18,24-29H2,1-3H3. The maximum absolute atomic E-state index is 11.2. The van der Waals surface area contributed by atoms with Crippen LogP contribution in [-0.2, 0) is 14.2 Å². The zero-order valence-corrected chi connectivity index (χ0v) is 34.0. The van der Waals surface area contributed by atoms with Crippen LogP contribution in [0.15, 0.2) is 66.9 Å².